The van der Waals surface area contributed by atoms with Crippen molar-refractivity contribution in [3.8, 4) is 33.4 Å². The Balaban J connectivity index is 1.03. The standard InChI is InChI=1S/C75H69BN2S/c1-46-16-8-11-25-56(46)52-35-61-63-41-55(75-32-14-19-48(45-75)20-15-33-75)40-62-58-39-54(74-30-12-17-47(44-74)18-13-31-74)27-29-66(58)78(72(62)63)76-64-43-70-60(59-34-50-23-9-10-24-51(50)37-69(59)79-70)42-67(64)77(68(36-52)71(61)76)65-28-26-53(73(2,3)4)38-57(65)49-21-6-5-7-22-49/h5-11,16,21-29,34-43,47-48H,12-15,17-20,30-33,44-45H2,1-4H3. The maximum atomic E-state index is 2.89. The molecule has 4 bridgehead atoms. The van der Waals surface area contributed by atoms with Crippen molar-refractivity contribution < 1.29 is 0 Å². The SMILES string of the molecule is Cc1ccccc1-c1cc2c3c(c1)N(c1ccc(C(C)(C)C)cc1-c1ccccc1)c1cc4c(cc1B3n1c3ccc(C56CCCC(CCC5)C6)cc3c3cc(C56CCCC(CCC5)C6)cc-2c31)sc1cc2ccccc2cc14. The van der Waals surface area contributed by atoms with E-state index in [1.165, 1.54) is 215 Å². The quantitative estimate of drug-likeness (QED) is 0.156. The number of thiophene rings is 1. The minimum absolute atomic E-state index is 0.0327. The van der Waals surface area contributed by atoms with E-state index in [-0.39, 0.29) is 23.1 Å². The highest BCUT2D eigenvalue weighted by Crippen LogP contribution is 2.57. The number of hydrogen-bond donors (Lipinski definition) is 0. The molecule has 4 heterocycles. The Kier molecular flexibility index (Phi) is 10.2. The van der Waals surface area contributed by atoms with E-state index >= 15 is 0 Å². The Morgan fingerprint density at radius 3 is 1.89 bits per heavy atom. The summed E-state index contributed by atoms with van der Waals surface area (Å²) in [5.74, 6) is 1.71. The summed E-state index contributed by atoms with van der Waals surface area (Å²) in [6, 6.07) is 65.8. The molecular formula is C75H69BN2S. The van der Waals surface area contributed by atoms with Crippen molar-refractivity contribution >= 4 is 98.9 Å². The first-order valence-electron chi connectivity index (χ1n) is 30.3. The average molecular weight is 1040 g/mol. The third kappa shape index (κ3) is 6.95. The van der Waals surface area contributed by atoms with Crippen LogP contribution in [0.2, 0.25) is 0 Å². The van der Waals surface area contributed by atoms with Crippen LogP contribution in [0.4, 0.5) is 17.1 Å². The van der Waals surface area contributed by atoms with E-state index in [2.05, 4.69) is 201 Å². The minimum atomic E-state index is -0.0483. The molecule has 11 aromatic rings. The van der Waals surface area contributed by atoms with Crippen molar-refractivity contribution in [1.82, 2.24) is 4.48 Å². The summed E-state index contributed by atoms with van der Waals surface area (Å²) < 4.78 is 5.60. The predicted molar refractivity (Wildman–Crippen MR) is 340 cm³/mol. The average Bonchev–Trinajstić information content (AvgIpc) is 4.21. The molecule has 4 saturated carbocycles. The van der Waals surface area contributed by atoms with Gasteiger partial charge in [-0.15, -0.1) is 11.3 Å². The van der Waals surface area contributed by atoms with Gasteiger partial charge in [-0.1, -0.05) is 163 Å². The van der Waals surface area contributed by atoms with Crippen molar-refractivity contribution in [2.24, 2.45) is 11.8 Å². The van der Waals surface area contributed by atoms with E-state index in [9.17, 15) is 0 Å². The molecule has 17 rings (SSSR count). The lowest BCUT2D eigenvalue weighted by Crippen LogP contribution is -2.56. The molecule has 79 heavy (non-hydrogen) atoms. The fraction of sp³-hybridized carbons (Fsp3) is 0.307. The van der Waals surface area contributed by atoms with Gasteiger partial charge in [0.15, 0.2) is 0 Å². The Morgan fingerprint density at radius 2 is 1.15 bits per heavy atom. The van der Waals surface area contributed by atoms with Crippen molar-refractivity contribution in [3.63, 3.8) is 0 Å². The number of rotatable bonds is 5. The van der Waals surface area contributed by atoms with Crippen LogP contribution in [0.25, 0.3) is 86.1 Å². The maximum absolute atomic E-state index is 2.89. The van der Waals surface area contributed by atoms with Crippen molar-refractivity contribution in [2.75, 3.05) is 4.90 Å². The normalized spacial score (nSPS) is 22.3. The molecule has 2 aromatic heterocycles. The molecule has 388 valence electrons. The molecule has 4 heteroatoms. The smallest absolute Gasteiger partial charge is 0.333 e. The number of nitrogens with zero attached hydrogens (tertiary/aromatic N) is 2. The van der Waals surface area contributed by atoms with Gasteiger partial charge in [0, 0.05) is 64.5 Å². The summed E-state index contributed by atoms with van der Waals surface area (Å²) in [5.41, 5.74) is 23.8. The third-order valence-corrected chi connectivity index (χ3v) is 22.6. The largest absolute Gasteiger partial charge is 0.375 e. The molecular weight excluding hydrogens is 972 g/mol. The highest BCUT2D eigenvalue weighted by molar-refractivity contribution is 7.26. The van der Waals surface area contributed by atoms with Gasteiger partial charge in [0.05, 0.1) is 5.69 Å². The lowest BCUT2D eigenvalue weighted by atomic mass is 9.45. The van der Waals surface area contributed by atoms with E-state index in [4.69, 9.17) is 0 Å². The minimum Gasteiger partial charge on any atom is -0.375 e. The van der Waals surface area contributed by atoms with Crippen LogP contribution in [0.1, 0.15) is 133 Å². The molecule has 0 amide bonds. The molecule has 9 aromatic carbocycles. The fourth-order valence-electron chi connectivity index (χ4n) is 17.7. The molecule has 6 aliphatic rings. The van der Waals surface area contributed by atoms with E-state index in [1.54, 1.807) is 11.1 Å². The van der Waals surface area contributed by atoms with Gasteiger partial charge in [-0.05, 0) is 213 Å². The molecule has 0 unspecified atom stereocenters. The Hall–Kier alpha value is -6.88. The number of fused-ring (bicyclic) bond motifs is 15. The second-order valence-corrected chi connectivity index (χ2v) is 27.9. The van der Waals surface area contributed by atoms with Crippen LogP contribution in [0.3, 0.4) is 0 Å². The van der Waals surface area contributed by atoms with Crippen LogP contribution in [0.5, 0.6) is 0 Å². The molecule has 2 aliphatic heterocycles. The van der Waals surface area contributed by atoms with Gasteiger partial charge < -0.3 is 9.38 Å². The molecule has 2 nitrogen and oxygen atoms in total. The predicted octanol–water partition coefficient (Wildman–Crippen LogP) is 19.9. The Labute approximate surface area is 470 Å². The first-order valence-corrected chi connectivity index (χ1v) is 31.2. The summed E-state index contributed by atoms with van der Waals surface area (Å²) in [7, 11) is 0. The second-order valence-electron chi connectivity index (χ2n) is 26.9. The van der Waals surface area contributed by atoms with Crippen LogP contribution in [0, 0.1) is 18.8 Å². The molecule has 0 radical (unpaired) electrons. The number of anilines is 3. The van der Waals surface area contributed by atoms with Crippen LogP contribution in [-0.4, -0.2) is 11.3 Å². The van der Waals surface area contributed by atoms with Gasteiger partial charge >= 0.3 is 6.85 Å². The lowest BCUT2D eigenvalue weighted by Gasteiger charge is -2.46. The molecule has 0 spiro atoms. The maximum Gasteiger partial charge on any atom is 0.333 e. The van der Waals surface area contributed by atoms with Crippen molar-refractivity contribution in [2.45, 2.75) is 134 Å². The summed E-state index contributed by atoms with van der Waals surface area (Å²) >= 11 is 1.98. The summed E-state index contributed by atoms with van der Waals surface area (Å²) in [4.78, 5) is 2.74. The van der Waals surface area contributed by atoms with Crippen LogP contribution in [0.15, 0.2) is 164 Å². The molecule has 4 aliphatic carbocycles. The van der Waals surface area contributed by atoms with Gasteiger partial charge in [-0.3, -0.25) is 0 Å². The number of aromatic nitrogens is 1. The van der Waals surface area contributed by atoms with Crippen molar-refractivity contribution in [1.29, 1.82) is 0 Å². The fourth-order valence-corrected chi connectivity index (χ4v) is 18.8. The van der Waals surface area contributed by atoms with Crippen molar-refractivity contribution in [3.05, 3.63) is 186 Å². The van der Waals surface area contributed by atoms with E-state index in [0.29, 0.717) is 0 Å². The first kappa shape index (κ1) is 47.0. The monoisotopic (exact) mass is 1040 g/mol. The van der Waals surface area contributed by atoms with Crippen LogP contribution in [-0.2, 0) is 16.2 Å². The highest BCUT2D eigenvalue weighted by Gasteiger charge is 2.47. The van der Waals surface area contributed by atoms with Gasteiger partial charge in [0.2, 0.25) is 0 Å². The Bertz CT molecular complexity index is 4350. The van der Waals surface area contributed by atoms with E-state index < -0.39 is 0 Å². The van der Waals surface area contributed by atoms with E-state index in [0.717, 1.165) is 11.8 Å². The third-order valence-electron chi connectivity index (χ3n) is 21.4. The van der Waals surface area contributed by atoms with Gasteiger partial charge in [0.1, 0.15) is 0 Å². The zero-order chi connectivity index (χ0) is 52.5. The molecule has 0 N–H and O–H groups in total. The topological polar surface area (TPSA) is 8.17 Å². The number of hydrogen-bond acceptors (Lipinski definition) is 2. The van der Waals surface area contributed by atoms with Gasteiger partial charge in [0.25, 0.3) is 0 Å². The summed E-state index contributed by atoms with van der Waals surface area (Å²) in [6.45, 7) is 9.35. The van der Waals surface area contributed by atoms with Gasteiger partial charge in [-0.25, -0.2) is 0 Å². The highest BCUT2D eigenvalue weighted by atomic mass is 32.1. The number of benzene rings is 9. The Morgan fingerprint density at radius 1 is 0.494 bits per heavy atom. The molecule has 0 atom stereocenters. The molecule has 4 fully saturated rings. The number of aryl methyl sites for hydroxylation is 1. The summed E-state index contributed by atoms with van der Waals surface area (Å²) in [5, 5.41) is 8.25. The summed E-state index contributed by atoms with van der Waals surface area (Å²) in [6.07, 6.45) is 19.0. The van der Waals surface area contributed by atoms with Gasteiger partial charge in [-0.2, -0.15) is 0 Å². The zero-order valence-electron chi connectivity index (χ0n) is 46.5. The van der Waals surface area contributed by atoms with Crippen LogP contribution >= 0.6 is 11.3 Å². The zero-order valence-corrected chi connectivity index (χ0v) is 47.3. The second kappa shape index (κ2) is 17.1. The molecule has 0 saturated heterocycles. The van der Waals surface area contributed by atoms with E-state index in [1.807, 2.05) is 11.3 Å². The first-order chi connectivity index (χ1) is 38.6. The lowest BCUT2D eigenvalue weighted by molar-refractivity contribution is 0.149. The van der Waals surface area contributed by atoms with Crippen LogP contribution < -0.4 is 15.8 Å².